The number of anilines is 1. The molecule has 0 saturated carbocycles. The van der Waals surface area contributed by atoms with E-state index >= 15 is 0 Å². The molecule has 0 fully saturated rings. The first-order chi connectivity index (χ1) is 16.0. The monoisotopic (exact) mass is 496 g/mol. The zero-order valence-electron chi connectivity index (χ0n) is 18.3. The number of hydrogen-bond acceptors (Lipinski definition) is 6. The molecule has 0 saturated heterocycles. The average molecular weight is 497 g/mol. The maximum Gasteiger partial charge on any atom is 0.416 e. The van der Waals surface area contributed by atoms with E-state index < -0.39 is 29.7 Å². The van der Waals surface area contributed by atoms with Crippen molar-refractivity contribution in [1.29, 1.82) is 0 Å². The average Bonchev–Trinajstić information content (AvgIpc) is 3.10. The van der Waals surface area contributed by atoms with E-state index in [-0.39, 0.29) is 22.9 Å². The molecule has 34 heavy (non-hydrogen) atoms. The summed E-state index contributed by atoms with van der Waals surface area (Å²) in [4.78, 5) is 24.7. The van der Waals surface area contributed by atoms with Crippen molar-refractivity contribution in [2.45, 2.75) is 39.7 Å². The normalized spacial score (nSPS) is 12.2. The van der Waals surface area contributed by atoms with Gasteiger partial charge in [0.2, 0.25) is 0 Å². The van der Waals surface area contributed by atoms with Crippen LogP contribution in [-0.4, -0.2) is 23.1 Å². The summed E-state index contributed by atoms with van der Waals surface area (Å²) >= 11 is 5.88. The van der Waals surface area contributed by atoms with Crippen molar-refractivity contribution in [3.05, 3.63) is 75.6 Å². The fourth-order valence-corrected chi connectivity index (χ4v) is 3.03. The molecule has 180 valence electrons. The van der Waals surface area contributed by atoms with Gasteiger partial charge >= 0.3 is 12.1 Å². The highest BCUT2D eigenvalue weighted by Crippen LogP contribution is 2.34. The zero-order chi connectivity index (χ0) is 25.0. The Hall–Kier alpha value is -3.53. The number of hydrogen-bond donors (Lipinski definition) is 1. The van der Waals surface area contributed by atoms with Crippen molar-refractivity contribution < 1.29 is 36.8 Å². The summed E-state index contributed by atoms with van der Waals surface area (Å²) in [5.41, 5.74) is 0.472. The summed E-state index contributed by atoms with van der Waals surface area (Å²) in [6.07, 6.45) is -5.90. The molecule has 0 radical (unpaired) electrons. The van der Waals surface area contributed by atoms with Crippen molar-refractivity contribution in [2.75, 3.05) is 5.32 Å². The maximum absolute atomic E-state index is 12.9. The van der Waals surface area contributed by atoms with Gasteiger partial charge in [0.25, 0.3) is 5.91 Å². The van der Waals surface area contributed by atoms with Gasteiger partial charge in [-0.25, -0.2) is 4.79 Å². The van der Waals surface area contributed by atoms with Crippen LogP contribution in [-0.2, 0) is 22.3 Å². The van der Waals surface area contributed by atoms with E-state index in [1.807, 2.05) is 0 Å². The first-order valence-electron chi connectivity index (χ1n) is 9.99. The molecule has 1 N–H and O–H groups in total. The van der Waals surface area contributed by atoms with Crippen molar-refractivity contribution >= 4 is 29.2 Å². The lowest BCUT2D eigenvalue weighted by atomic mass is 10.2. The highest BCUT2D eigenvalue weighted by atomic mass is 35.5. The van der Waals surface area contributed by atoms with Crippen molar-refractivity contribution in [1.82, 2.24) is 5.16 Å². The van der Waals surface area contributed by atoms with Crippen LogP contribution in [0.4, 0.5) is 18.9 Å². The van der Waals surface area contributed by atoms with E-state index in [2.05, 4.69) is 10.5 Å². The van der Waals surface area contributed by atoms with Crippen LogP contribution in [0.1, 0.15) is 39.9 Å². The number of benzene rings is 2. The number of nitrogens with one attached hydrogen (secondary N) is 1. The van der Waals surface area contributed by atoms with Crippen LogP contribution in [0.3, 0.4) is 0 Å². The van der Waals surface area contributed by atoms with Gasteiger partial charge in [-0.1, -0.05) is 16.8 Å². The van der Waals surface area contributed by atoms with Crippen LogP contribution in [0.5, 0.6) is 5.75 Å². The number of carbonyl (C=O) groups excluding carboxylic acids is 2. The second-order valence-electron chi connectivity index (χ2n) is 7.34. The van der Waals surface area contributed by atoms with Crippen LogP contribution in [0.2, 0.25) is 5.02 Å². The first-order valence-corrected chi connectivity index (χ1v) is 10.4. The maximum atomic E-state index is 12.9. The summed E-state index contributed by atoms with van der Waals surface area (Å²) < 4.78 is 54.6. The molecule has 11 heteroatoms. The summed E-state index contributed by atoms with van der Waals surface area (Å²) in [6, 6.07) is 8.55. The van der Waals surface area contributed by atoms with Gasteiger partial charge in [0.15, 0.2) is 6.10 Å². The van der Waals surface area contributed by atoms with Gasteiger partial charge in [0, 0.05) is 0 Å². The fraction of sp³-hybridized carbons (Fsp3) is 0.261. The lowest BCUT2D eigenvalue weighted by Crippen LogP contribution is -2.30. The number of rotatable bonds is 7. The van der Waals surface area contributed by atoms with E-state index in [1.165, 1.54) is 19.1 Å². The van der Waals surface area contributed by atoms with Crippen LogP contribution in [0, 0.1) is 13.8 Å². The Kier molecular flexibility index (Phi) is 7.51. The van der Waals surface area contributed by atoms with Gasteiger partial charge < -0.3 is 19.3 Å². The second kappa shape index (κ2) is 10.2. The Morgan fingerprint density at radius 1 is 1.15 bits per heavy atom. The molecule has 3 aromatic rings. The number of carbonyl (C=O) groups is 2. The van der Waals surface area contributed by atoms with Gasteiger partial charge in [-0.3, -0.25) is 4.79 Å². The minimum atomic E-state index is -4.61. The van der Waals surface area contributed by atoms with E-state index in [9.17, 15) is 22.8 Å². The van der Waals surface area contributed by atoms with Crippen LogP contribution in [0.15, 0.2) is 47.0 Å². The molecule has 3 rings (SSSR count). The van der Waals surface area contributed by atoms with Gasteiger partial charge in [0.1, 0.15) is 18.1 Å². The van der Waals surface area contributed by atoms with E-state index in [0.717, 1.165) is 23.4 Å². The molecular formula is C23H20ClF3N2O5. The molecule has 0 spiro atoms. The molecule has 1 heterocycles. The molecular weight excluding hydrogens is 477 g/mol. The number of aryl methyl sites for hydroxylation is 2. The zero-order valence-corrected chi connectivity index (χ0v) is 19.1. The van der Waals surface area contributed by atoms with Gasteiger partial charge in [-0.2, -0.15) is 13.2 Å². The number of halogens is 4. The lowest BCUT2D eigenvalue weighted by molar-refractivity contribution is -0.137. The van der Waals surface area contributed by atoms with E-state index in [0.29, 0.717) is 17.6 Å². The number of esters is 1. The molecule has 7 nitrogen and oxygen atoms in total. The SMILES string of the molecule is Cc1noc(C)c1COc1ccc(C(=O)OC(C)C(=O)Nc2cc(C(F)(F)F)ccc2Cl)cc1. The smallest absolute Gasteiger partial charge is 0.416 e. The Morgan fingerprint density at radius 2 is 1.82 bits per heavy atom. The molecule has 2 aromatic carbocycles. The number of alkyl halides is 3. The molecule has 0 bridgehead atoms. The topological polar surface area (TPSA) is 90.7 Å². The van der Waals surface area contributed by atoms with Gasteiger partial charge in [-0.15, -0.1) is 0 Å². The molecule has 0 aliphatic heterocycles. The van der Waals surface area contributed by atoms with Crippen molar-refractivity contribution in [3.63, 3.8) is 0 Å². The third kappa shape index (κ3) is 6.07. The molecule has 0 aliphatic carbocycles. The van der Waals surface area contributed by atoms with Crippen molar-refractivity contribution in [2.24, 2.45) is 0 Å². The fourth-order valence-electron chi connectivity index (χ4n) is 2.86. The summed E-state index contributed by atoms with van der Waals surface area (Å²) in [5, 5.41) is 6.00. The number of nitrogens with zero attached hydrogens (tertiary/aromatic N) is 1. The highest BCUT2D eigenvalue weighted by Gasteiger charge is 2.31. The minimum Gasteiger partial charge on any atom is -0.489 e. The predicted octanol–water partition coefficient (Wildman–Crippen LogP) is 5.73. The summed E-state index contributed by atoms with van der Waals surface area (Å²) in [5.74, 6) is -0.498. The van der Waals surface area contributed by atoms with Crippen LogP contribution < -0.4 is 10.1 Å². The Bertz CT molecular complexity index is 1170. The predicted molar refractivity (Wildman–Crippen MR) is 117 cm³/mol. The first kappa shape index (κ1) is 25.1. The standard InChI is InChI=1S/C23H20ClF3N2O5/c1-12-18(13(2)34-29-12)11-32-17-7-4-15(5-8-17)22(31)33-14(3)21(30)28-20-10-16(23(25,26)27)6-9-19(20)24/h4-10,14H,11H2,1-3H3,(H,28,30). The minimum absolute atomic E-state index is 0.0907. The molecule has 0 aliphatic rings. The molecule has 1 atom stereocenters. The second-order valence-corrected chi connectivity index (χ2v) is 7.75. The third-order valence-electron chi connectivity index (χ3n) is 4.86. The quantitative estimate of drug-likeness (QED) is 0.420. The lowest BCUT2D eigenvalue weighted by Gasteiger charge is -2.16. The van der Waals surface area contributed by atoms with Gasteiger partial charge in [-0.05, 0) is 63.2 Å². The largest absolute Gasteiger partial charge is 0.489 e. The Labute approximate surface area is 197 Å². The van der Waals surface area contributed by atoms with E-state index in [4.69, 9.17) is 25.6 Å². The van der Waals surface area contributed by atoms with Crippen molar-refractivity contribution in [3.8, 4) is 5.75 Å². The third-order valence-corrected chi connectivity index (χ3v) is 5.19. The molecule has 1 aromatic heterocycles. The van der Waals surface area contributed by atoms with Crippen LogP contribution >= 0.6 is 11.6 Å². The highest BCUT2D eigenvalue weighted by molar-refractivity contribution is 6.33. The number of aromatic nitrogens is 1. The van der Waals surface area contributed by atoms with Gasteiger partial charge in [0.05, 0.1) is 33.1 Å². The number of ether oxygens (including phenoxy) is 2. The molecule has 1 unspecified atom stereocenters. The number of amides is 1. The molecule has 1 amide bonds. The van der Waals surface area contributed by atoms with E-state index in [1.54, 1.807) is 26.0 Å². The summed E-state index contributed by atoms with van der Waals surface area (Å²) in [6.45, 7) is 5.10. The summed E-state index contributed by atoms with van der Waals surface area (Å²) in [7, 11) is 0. The van der Waals surface area contributed by atoms with Crippen LogP contribution in [0.25, 0.3) is 0 Å². The Morgan fingerprint density at radius 3 is 2.41 bits per heavy atom. The Balaban J connectivity index is 1.58.